The summed E-state index contributed by atoms with van der Waals surface area (Å²) >= 11 is 0. The van der Waals surface area contributed by atoms with E-state index in [-0.39, 0.29) is 5.75 Å². The van der Waals surface area contributed by atoms with Gasteiger partial charge in [0.1, 0.15) is 5.75 Å². The molecule has 2 rings (SSSR count). The molecule has 1 heterocycles. The lowest BCUT2D eigenvalue weighted by molar-refractivity contribution is 0.283. The van der Waals surface area contributed by atoms with Crippen LogP contribution in [0.5, 0.6) is 5.75 Å². The van der Waals surface area contributed by atoms with Gasteiger partial charge >= 0.3 is 0 Å². The normalized spacial score (nSPS) is 19.5. The van der Waals surface area contributed by atoms with Gasteiger partial charge in [-0.25, -0.2) is 8.42 Å². The lowest BCUT2D eigenvalue weighted by Gasteiger charge is -2.10. The molecule has 1 N–H and O–H groups in total. The summed E-state index contributed by atoms with van der Waals surface area (Å²) in [5.41, 5.74) is 0. The van der Waals surface area contributed by atoms with Crippen LogP contribution in [-0.2, 0) is 9.84 Å². The van der Waals surface area contributed by atoms with Crippen LogP contribution in [0.3, 0.4) is 0 Å². The number of hydrogen-bond donors (Lipinski definition) is 1. The van der Waals surface area contributed by atoms with E-state index < -0.39 is 9.84 Å². The molecule has 1 saturated heterocycles. The number of benzene rings is 1. The maximum absolute atomic E-state index is 11.7. The summed E-state index contributed by atoms with van der Waals surface area (Å²) in [5.74, 6) is 1.57. The molecule has 0 spiro atoms. The summed E-state index contributed by atoms with van der Waals surface area (Å²) in [4.78, 5) is 0.363. The van der Waals surface area contributed by atoms with Crippen LogP contribution in [0.15, 0.2) is 29.2 Å². The number of nitrogens with one attached hydrogen (secondary N) is 1. The molecule has 5 heteroatoms. The third kappa shape index (κ3) is 3.94. The quantitative estimate of drug-likeness (QED) is 0.866. The molecule has 106 valence electrons. The number of ether oxygens (including phenoxy) is 1. The van der Waals surface area contributed by atoms with Crippen LogP contribution in [0.25, 0.3) is 0 Å². The zero-order valence-electron chi connectivity index (χ0n) is 11.3. The zero-order chi connectivity index (χ0) is 13.7. The van der Waals surface area contributed by atoms with Gasteiger partial charge in [-0.2, -0.15) is 0 Å². The highest BCUT2D eigenvalue weighted by Gasteiger charge is 2.14. The molecule has 4 nitrogen and oxygen atoms in total. The summed E-state index contributed by atoms with van der Waals surface area (Å²) < 4.78 is 29.0. The summed E-state index contributed by atoms with van der Waals surface area (Å²) in [7, 11) is -3.11. The van der Waals surface area contributed by atoms with Crippen molar-refractivity contribution in [3.05, 3.63) is 24.3 Å². The predicted octanol–water partition coefficient (Wildman–Crippen LogP) is 1.86. The summed E-state index contributed by atoms with van der Waals surface area (Å²) in [5, 5.41) is 3.33. The Morgan fingerprint density at radius 1 is 1.32 bits per heavy atom. The van der Waals surface area contributed by atoms with Crippen molar-refractivity contribution in [2.45, 2.75) is 24.7 Å². The number of hydrogen-bond acceptors (Lipinski definition) is 4. The maximum atomic E-state index is 11.7. The Bertz CT molecular complexity index is 490. The van der Waals surface area contributed by atoms with E-state index in [2.05, 4.69) is 5.32 Å². The molecule has 19 heavy (non-hydrogen) atoms. The molecule has 1 aromatic carbocycles. The summed E-state index contributed by atoms with van der Waals surface area (Å²) in [6.45, 7) is 4.52. The Labute approximate surface area is 115 Å². The lowest BCUT2D eigenvalue weighted by atomic mass is 10.1. The number of rotatable bonds is 6. The van der Waals surface area contributed by atoms with E-state index in [1.165, 1.54) is 6.42 Å². The van der Waals surface area contributed by atoms with Crippen LogP contribution in [0.2, 0.25) is 0 Å². The van der Waals surface area contributed by atoms with Gasteiger partial charge in [-0.15, -0.1) is 0 Å². The standard InChI is InChI=1S/C14H21NO3S/c1-2-19(16,17)14-5-3-13(4-6-14)18-10-8-12-7-9-15-11-12/h3-6,12,15H,2,7-11H2,1H3. The second kappa shape index (κ2) is 6.39. The van der Waals surface area contributed by atoms with Crippen LogP contribution in [0.1, 0.15) is 19.8 Å². The summed E-state index contributed by atoms with van der Waals surface area (Å²) in [6, 6.07) is 6.70. The SMILES string of the molecule is CCS(=O)(=O)c1ccc(OCCC2CCNC2)cc1. The van der Waals surface area contributed by atoms with Crippen molar-refractivity contribution < 1.29 is 13.2 Å². The Morgan fingerprint density at radius 2 is 2.05 bits per heavy atom. The topological polar surface area (TPSA) is 55.4 Å². The molecule has 1 aromatic rings. The highest BCUT2D eigenvalue weighted by molar-refractivity contribution is 7.91. The van der Waals surface area contributed by atoms with Crippen molar-refractivity contribution >= 4 is 9.84 Å². The molecule has 1 aliphatic rings. The van der Waals surface area contributed by atoms with E-state index in [1.807, 2.05) is 0 Å². The molecule has 0 aliphatic carbocycles. The highest BCUT2D eigenvalue weighted by atomic mass is 32.2. The van der Waals surface area contributed by atoms with Gasteiger partial charge in [0.05, 0.1) is 17.3 Å². The van der Waals surface area contributed by atoms with Gasteiger partial charge in [0, 0.05) is 0 Å². The minimum atomic E-state index is -3.11. The molecule has 1 atom stereocenters. The van der Waals surface area contributed by atoms with E-state index >= 15 is 0 Å². The monoisotopic (exact) mass is 283 g/mol. The molecule has 0 amide bonds. The van der Waals surface area contributed by atoms with E-state index in [0.29, 0.717) is 17.4 Å². The Balaban J connectivity index is 1.85. The lowest BCUT2D eigenvalue weighted by Crippen LogP contribution is -2.11. The first-order valence-electron chi connectivity index (χ1n) is 6.78. The average molecular weight is 283 g/mol. The van der Waals surface area contributed by atoms with Gasteiger partial charge in [-0.1, -0.05) is 6.92 Å². The van der Waals surface area contributed by atoms with Crippen molar-refractivity contribution in [2.24, 2.45) is 5.92 Å². The fraction of sp³-hybridized carbons (Fsp3) is 0.571. The van der Waals surface area contributed by atoms with E-state index in [4.69, 9.17) is 4.74 Å². The largest absolute Gasteiger partial charge is 0.494 e. The van der Waals surface area contributed by atoms with Gasteiger partial charge in [-0.05, 0) is 56.1 Å². The van der Waals surface area contributed by atoms with Crippen molar-refractivity contribution in [3.8, 4) is 5.75 Å². The molecule has 0 aromatic heterocycles. The van der Waals surface area contributed by atoms with Gasteiger partial charge in [-0.3, -0.25) is 0 Å². The second-order valence-corrected chi connectivity index (χ2v) is 7.15. The molecule has 0 radical (unpaired) electrons. The second-order valence-electron chi connectivity index (χ2n) is 4.87. The third-order valence-electron chi connectivity index (χ3n) is 3.52. The highest BCUT2D eigenvalue weighted by Crippen LogP contribution is 2.18. The van der Waals surface area contributed by atoms with E-state index in [0.717, 1.165) is 25.3 Å². The minimum absolute atomic E-state index is 0.127. The van der Waals surface area contributed by atoms with Crippen molar-refractivity contribution in [2.75, 3.05) is 25.4 Å². The van der Waals surface area contributed by atoms with E-state index in [9.17, 15) is 8.42 Å². The molecule has 1 fully saturated rings. The van der Waals surface area contributed by atoms with Crippen molar-refractivity contribution in [1.29, 1.82) is 0 Å². The molecule has 0 saturated carbocycles. The predicted molar refractivity (Wildman–Crippen MR) is 75.3 cm³/mol. The van der Waals surface area contributed by atoms with Gasteiger partial charge in [0.2, 0.25) is 0 Å². The molecule has 1 unspecified atom stereocenters. The fourth-order valence-corrected chi connectivity index (χ4v) is 3.10. The Morgan fingerprint density at radius 3 is 2.63 bits per heavy atom. The smallest absolute Gasteiger partial charge is 0.178 e. The van der Waals surface area contributed by atoms with Crippen LogP contribution in [0, 0.1) is 5.92 Å². The maximum Gasteiger partial charge on any atom is 0.178 e. The minimum Gasteiger partial charge on any atom is -0.494 e. The van der Waals surface area contributed by atoms with E-state index in [1.54, 1.807) is 31.2 Å². The Hall–Kier alpha value is -1.07. The zero-order valence-corrected chi connectivity index (χ0v) is 12.1. The van der Waals surface area contributed by atoms with Crippen LogP contribution < -0.4 is 10.1 Å². The number of sulfone groups is 1. The van der Waals surface area contributed by atoms with Crippen molar-refractivity contribution in [3.63, 3.8) is 0 Å². The molecular formula is C14H21NO3S. The third-order valence-corrected chi connectivity index (χ3v) is 5.27. The molecule has 0 bridgehead atoms. The van der Waals surface area contributed by atoms with Crippen LogP contribution in [0.4, 0.5) is 0 Å². The van der Waals surface area contributed by atoms with Crippen LogP contribution in [-0.4, -0.2) is 33.9 Å². The Kier molecular flexibility index (Phi) is 4.82. The van der Waals surface area contributed by atoms with Crippen molar-refractivity contribution in [1.82, 2.24) is 5.32 Å². The fourth-order valence-electron chi connectivity index (χ4n) is 2.21. The summed E-state index contributed by atoms with van der Waals surface area (Å²) in [6.07, 6.45) is 2.26. The average Bonchev–Trinajstić information content (AvgIpc) is 2.92. The molecule has 1 aliphatic heterocycles. The van der Waals surface area contributed by atoms with Gasteiger partial charge in [0.25, 0.3) is 0 Å². The first-order valence-corrected chi connectivity index (χ1v) is 8.43. The van der Waals surface area contributed by atoms with Gasteiger partial charge in [0.15, 0.2) is 9.84 Å². The van der Waals surface area contributed by atoms with Crippen LogP contribution >= 0.6 is 0 Å². The van der Waals surface area contributed by atoms with Gasteiger partial charge < -0.3 is 10.1 Å². The first kappa shape index (κ1) is 14.3. The molecular weight excluding hydrogens is 262 g/mol. The first-order chi connectivity index (χ1) is 9.12.